The first-order valence-electron chi connectivity index (χ1n) is 10.7. The number of carbonyl (C=O) groups is 3. The Balaban J connectivity index is 1.85. The number of esters is 1. The Bertz CT molecular complexity index is 1270. The zero-order chi connectivity index (χ0) is 24.2. The lowest BCUT2D eigenvalue weighted by Crippen LogP contribution is -2.29. The topological polar surface area (TPSA) is 96.8 Å². The van der Waals surface area contributed by atoms with Crippen LogP contribution in [0.15, 0.2) is 78.6 Å². The summed E-state index contributed by atoms with van der Waals surface area (Å²) in [5.41, 5.74) is 0.995. The summed E-state index contributed by atoms with van der Waals surface area (Å²) < 4.78 is 18.6. The summed E-state index contributed by atoms with van der Waals surface area (Å²) in [6.45, 7) is 2.12. The molecule has 1 N–H and O–H groups in total. The minimum Gasteiger partial charge on any atom is -0.507 e. The van der Waals surface area contributed by atoms with Gasteiger partial charge < -0.3 is 9.84 Å². The molecular formula is C26H21FN2O5. The fraction of sp³-hybridized carbons (Fsp3) is 0.154. The lowest BCUT2D eigenvalue weighted by atomic mass is 9.96. The number of ketones is 1. The van der Waals surface area contributed by atoms with Crippen molar-refractivity contribution in [2.45, 2.75) is 19.4 Å². The fourth-order valence-electron chi connectivity index (χ4n) is 3.78. The average Bonchev–Trinajstić information content (AvgIpc) is 3.13. The predicted octanol–water partition coefficient (Wildman–Crippen LogP) is 4.41. The van der Waals surface area contributed by atoms with E-state index in [1.165, 1.54) is 29.3 Å². The van der Waals surface area contributed by atoms with E-state index in [1.54, 1.807) is 36.5 Å². The third kappa shape index (κ3) is 4.30. The second kappa shape index (κ2) is 9.66. The van der Waals surface area contributed by atoms with Crippen LogP contribution in [0.1, 0.15) is 40.9 Å². The molecule has 0 bridgehead atoms. The summed E-state index contributed by atoms with van der Waals surface area (Å²) in [6.07, 6.45) is 3.69. The molecule has 1 aromatic heterocycles. The van der Waals surface area contributed by atoms with Crippen molar-refractivity contribution in [3.05, 3.63) is 101 Å². The van der Waals surface area contributed by atoms with Crippen LogP contribution in [0.4, 0.5) is 10.1 Å². The molecule has 8 heteroatoms. The molecule has 1 aliphatic rings. The van der Waals surface area contributed by atoms with Crippen LogP contribution in [0.2, 0.25) is 0 Å². The molecule has 1 atom stereocenters. The summed E-state index contributed by atoms with van der Waals surface area (Å²) >= 11 is 0. The van der Waals surface area contributed by atoms with Gasteiger partial charge in [-0.15, -0.1) is 0 Å². The summed E-state index contributed by atoms with van der Waals surface area (Å²) in [6, 6.07) is 13.4. The van der Waals surface area contributed by atoms with Gasteiger partial charge in [-0.1, -0.05) is 19.1 Å². The first-order chi connectivity index (χ1) is 16.4. The monoisotopic (exact) mass is 460 g/mol. The number of benzene rings is 2. The van der Waals surface area contributed by atoms with E-state index in [0.717, 1.165) is 12.1 Å². The molecule has 0 saturated carbocycles. The van der Waals surface area contributed by atoms with Crippen molar-refractivity contribution in [1.82, 2.24) is 4.98 Å². The van der Waals surface area contributed by atoms with E-state index in [0.29, 0.717) is 12.0 Å². The van der Waals surface area contributed by atoms with Crippen molar-refractivity contribution >= 4 is 29.1 Å². The molecule has 0 radical (unpaired) electrons. The van der Waals surface area contributed by atoms with Gasteiger partial charge in [0, 0.05) is 23.6 Å². The molecule has 1 saturated heterocycles. The number of hydrogen-bond acceptors (Lipinski definition) is 6. The lowest BCUT2D eigenvalue weighted by molar-refractivity contribution is -0.132. The van der Waals surface area contributed by atoms with Crippen LogP contribution < -0.4 is 4.90 Å². The molecular weight excluding hydrogens is 439 g/mol. The number of carbonyl (C=O) groups excluding carboxylic acids is 3. The van der Waals surface area contributed by atoms with Gasteiger partial charge in [0.15, 0.2) is 0 Å². The Hall–Kier alpha value is -4.33. The summed E-state index contributed by atoms with van der Waals surface area (Å²) in [5, 5.41) is 11.0. The molecule has 2 aromatic carbocycles. The Morgan fingerprint density at radius 3 is 2.53 bits per heavy atom. The Morgan fingerprint density at radius 1 is 1.09 bits per heavy atom. The SMILES string of the molecule is CCCOC(=O)c1cccc(N2C(=O)C(=O)/C(=C(/O)c3ccc(F)cc3)C2c2cccnc2)c1. The minimum absolute atomic E-state index is 0.163. The minimum atomic E-state index is -1.01. The predicted molar refractivity (Wildman–Crippen MR) is 122 cm³/mol. The Kier molecular flexibility index (Phi) is 6.49. The summed E-state index contributed by atoms with van der Waals surface area (Å²) in [4.78, 5) is 44.0. The quantitative estimate of drug-likeness (QED) is 0.253. The number of anilines is 1. The van der Waals surface area contributed by atoms with Crippen LogP contribution >= 0.6 is 0 Å². The first-order valence-corrected chi connectivity index (χ1v) is 10.7. The van der Waals surface area contributed by atoms with Gasteiger partial charge >= 0.3 is 5.97 Å². The number of hydrogen-bond donors (Lipinski definition) is 1. The molecule has 7 nitrogen and oxygen atoms in total. The van der Waals surface area contributed by atoms with E-state index >= 15 is 0 Å². The number of aliphatic hydroxyl groups excluding tert-OH is 1. The number of Topliss-reactive ketones (excluding diaryl/α,β-unsaturated/α-hetero) is 1. The van der Waals surface area contributed by atoms with Crippen molar-refractivity contribution in [3.63, 3.8) is 0 Å². The number of rotatable bonds is 6. The molecule has 1 fully saturated rings. The van der Waals surface area contributed by atoms with Crippen molar-refractivity contribution in [3.8, 4) is 0 Å². The van der Waals surface area contributed by atoms with E-state index in [9.17, 15) is 23.9 Å². The highest BCUT2D eigenvalue weighted by molar-refractivity contribution is 6.51. The van der Waals surface area contributed by atoms with Gasteiger partial charge in [0.25, 0.3) is 11.7 Å². The standard InChI is InChI=1S/C26H21FN2O5/c1-2-13-34-26(33)17-5-3-7-20(14-17)29-22(18-6-4-12-28-15-18)21(24(31)25(29)32)23(30)16-8-10-19(27)11-9-16/h3-12,14-15,22,30H,2,13H2,1H3/b23-21+. The van der Waals surface area contributed by atoms with Gasteiger partial charge in [-0.2, -0.15) is 0 Å². The Labute approximate surface area is 195 Å². The van der Waals surface area contributed by atoms with Crippen molar-refractivity contribution in [2.24, 2.45) is 0 Å². The van der Waals surface area contributed by atoms with Gasteiger partial charge in [0.05, 0.1) is 23.8 Å². The third-order valence-corrected chi connectivity index (χ3v) is 5.36. The summed E-state index contributed by atoms with van der Waals surface area (Å²) in [7, 11) is 0. The molecule has 34 heavy (non-hydrogen) atoms. The highest BCUT2D eigenvalue weighted by Crippen LogP contribution is 2.42. The van der Waals surface area contributed by atoms with E-state index in [4.69, 9.17) is 4.74 Å². The number of pyridine rings is 1. The number of aliphatic hydroxyl groups is 1. The normalized spacial score (nSPS) is 17.1. The second-order valence-corrected chi connectivity index (χ2v) is 7.65. The van der Waals surface area contributed by atoms with E-state index < -0.39 is 35.3 Å². The van der Waals surface area contributed by atoms with Crippen LogP contribution in [0.25, 0.3) is 5.76 Å². The lowest BCUT2D eigenvalue weighted by Gasteiger charge is -2.25. The van der Waals surface area contributed by atoms with Gasteiger partial charge in [-0.05, 0) is 60.5 Å². The van der Waals surface area contributed by atoms with Crippen LogP contribution in [0.3, 0.4) is 0 Å². The average molecular weight is 460 g/mol. The molecule has 0 aliphatic carbocycles. The second-order valence-electron chi connectivity index (χ2n) is 7.65. The molecule has 0 spiro atoms. The van der Waals surface area contributed by atoms with Crippen LogP contribution in [0, 0.1) is 5.82 Å². The zero-order valence-corrected chi connectivity index (χ0v) is 18.3. The van der Waals surface area contributed by atoms with Crippen molar-refractivity contribution in [1.29, 1.82) is 0 Å². The van der Waals surface area contributed by atoms with E-state index in [1.807, 2.05) is 6.92 Å². The van der Waals surface area contributed by atoms with Crippen LogP contribution in [-0.4, -0.2) is 34.4 Å². The number of halogens is 1. The molecule has 4 rings (SSSR count). The molecule has 172 valence electrons. The smallest absolute Gasteiger partial charge is 0.338 e. The number of aromatic nitrogens is 1. The molecule has 3 aromatic rings. The largest absolute Gasteiger partial charge is 0.507 e. The fourth-order valence-corrected chi connectivity index (χ4v) is 3.78. The maximum atomic E-state index is 13.4. The third-order valence-electron chi connectivity index (χ3n) is 5.36. The highest BCUT2D eigenvalue weighted by Gasteiger charge is 2.47. The van der Waals surface area contributed by atoms with Crippen molar-refractivity contribution in [2.75, 3.05) is 11.5 Å². The van der Waals surface area contributed by atoms with Gasteiger partial charge in [-0.3, -0.25) is 19.5 Å². The van der Waals surface area contributed by atoms with Crippen LogP contribution in [0.5, 0.6) is 0 Å². The Morgan fingerprint density at radius 2 is 1.85 bits per heavy atom. The number of amides is 1. The first kappa shape index (κ1) is 22.8. The highest BCUT2D eigenvalue weighted by atomic mass is 19.1. The van der Waals surface area contributed by atoms with Gasteiger partial charge in [0.1, 0.15) is 11.6 Å². The van der Waals surface area contributed by atoms with E-state index in [2.05, 4.69) is 4.98 Å². The molecule has 2 heterocycles. The molecule has 1 amide bonds. The van der Waals surface area contributed by atoms with Crippen LogP contribution in [-0.2, 0) is 14.3 Å². The summed E-state index contributed by atoms with van der Waals surface area (Å²) in [5.74, 6) is -3.28. The van der Waals surface area contributed by atoms with Gasteiger partial charge in [0.2, 0.25) is 0 Å². The molecule has 1 aliphatic heterocycles. The van der Waals surface area contributed by atoms with Gasteiger partial charge in [-0.25, -0.2) is 9.18 Å². The maximum Gasteiger partial charge on any atom is 0.338 e. The number of nitrogens with zero attached hydrogens (tertiary/aromatic N) is 2. The zero-order valence-electron chi connectivity index (χ0n) is 18.3. The maximum absolute atomic E-state index is 13.4. The van der Waals surface area contributed by atoms with Crippen molar-refractivity contribution < 1.29 is 28.6 Å². The molecule has 1 unspecified atom stereocenters. The van der Waals surface area contributed by atoms with E-state index in [-0.39, 0.29) is 29.0 Å². The number of ether oxygens (including phenoxy) is 1.